The highest BCUT2D eigenvalue weighted by atomic mass is 14.2. The Morgan fingerprint density at radius 3 is 1.22 bits per heavy atom. The molecule has 0 radical (unpaired) electrons. The van der Waals surface area contributed by atoms with Crippen LogP contribution in [0.5, 0.6) is 0 Å². The molecule has 36 heavy (non-hydrogen) atoms. The van der Waals surface area contributed by atoms with Crippen molar-refractivity contribution in [2.75, 3.05) is 0 Å². The molecule has 8 rings (SSSR count). The zero-order valence-corrected chi connectivity index (χ0v) is 20.9. The second-order valence-corrected chi connectivity index (χ2v) is 10.6. The molecule has 0 amide bonds. The topological polar surface area (TPSA) is 0 Å². The summed E-state index contributed by atoms with van der Waals surface area (Å²) in [6.45, 7) is 0. The lowest BCUT2D eigenvalue weighted by Crippen LogP contribution is -2.02. The largest absolute Gasteiger partial charge is 0.0616 e. The van der Waals surface area contributed by atoms with Gasteiger partial charge in [0.05, 0.1) is 0 Å². The third kappa shape index (κ3) is 3.68. The monoisotopic (exact) mass is 464 g/mol. The fourth-order valence-corrected chi connectivity index (χ4v) is 6.68. The summed E-state index contributed by atoms with van der Waals surface area (Å²) in [5, 5.41) is 11.3. The van der Waals surface area contributed by atoms with Crippen LogP contribution in [-0.4, -0.2) is 0 Å². The van der Waals surface area contributed by atoms with E-state index in [2.05, 4.69) is 97.1 Å². The van der Waals surface area contributed by atoms with Gasteiger partial charge in [0.15, 0.2) is 0 Å². The molecule has 6 aromatic rings. The Bertz CT molecular complexity index is 1610. The molecule has 0 aromatic heterocycles. The minimum Gasteiger partial charge on any atom is -0.0616 e. The van der Waals surface area contributed by atoms with E-state index >= 15 is 0 Å². The maximum absolute atomic E-state index is 2.35. The first kappa shape index (κ1) is 21.6. The predicted octanol–water partition coefficient (Wildman–Crippen LogP) is 9.74. The van der Waals surface area contributed by atoms with Gasteiger partial charge in [0.1, 0.15) is 0 Å². The maximum Gasteiger partial charge on any atom is -0.0102 e. The van der Waals surface area contributed by atoms with Gasteiger partial charge in [-0.25, -0.2) is 0 Å². The van der Waals surface area contributed by atoms with Crippen LogP contribution in [0.2, 0.25) is 0 Å². The van der Waals surface area contributed by atoms with E-state index in [1.807, 2.05) is 0 Å². The SMILES string of the molecule is c1ccc2c(c1)ccc1c3c(ccc12)CCCC3.c1ccc2c(c1)ccc1c3c(ccc12)CCCC3. The molecule has 0 spiro atoms. The number of hydrogen-bond donors (Lipinski definition) is 0. The van der Waals surface area contributed by atoms with Crippen molar-refractivity contribution in [3.63, 3.8) is 0 Å². The highest BCUT2D eigenvalue weighted by Gasteiger charge is 2.14. The summed E-state index contributed by atoms with van der Waals surface area (Å²) in [5.41, 5.74) is 6.35. The molecule has 0 bridgehead atoms. The fraction of sp³-hybridized carbons (Fsp3) is 0.222. The van der Waals surface area contributed by atoms with Crippen LogP contribution in [0.4, 0.5) is 0 Å². The van der Waals surface area contributed by atoms with Crippen LogP contribution >= 0.6 is 0 Å². The van der Waals surface area contributed by atoms with Gasteiger partial charge in [-0.15, -0.1) is 0 Å². The minimum atomic E-state index is 1.25. The van der Waals surface area contributed by atoms with Crippen molar-refractivity contribution in [1.29, 1.82) is 0 Å². The number of fused-ring (bicyclic) bond motifs is 10. The van der Waals surface area contributed by atoms with E-state index in [1.165, 1.54) is 94.5 Å². The summed E-state index contributed by atoms with van der Waals surface area (Å²) < 4.78 is 0. The third-order valence-electron chi connectivity index (χ3n) is 8.52. The van der Waals surface area contributed by atoms with E-state index in [1.54, 1.807) is 22.3 Å². The molecule has 0 saturated carbocycles. The molecule has 0 saturated heterocycles. The first-order chi connectivity index (χ1) is 17.9. The molecule has 0 unspecified atom stereocenters. The molecule has 0 heterocycles. The van der Waals surface area contributed by atoms with Crippen molar-refractivity contribution in [1.82, 2.24) is 0 Å². The first-order valence-corrected chi connectivity index (χ1v) is 13.7. The van der Waals surface area contributed by atoms with Gasteiger partial charge in [0.25, 0.3) is 0 Å². The van der Waals surface area contributed by atoms with Gasteiger partial charge in [0, 0.05) is 0 Å². The van der Waals surface area contributed by atoms with Crippen molar-refractivity contribution in [2.24, 2.45) is 0 Å². The Kier molecular flexibility index (Phi) is 5.47. The van der Waals surface area contributed by atoms with Crippen molar-refractivity contribution >= 4 is 43.1 Å². The van der Waals surface area contributed by atoms with E-state index in [0.717, 1.165) is 0 Å². The van der Waals surface area contributed by atoms with Crippen LogP contribution in [0.15, 0.2) is 97.1 Å². The summed E-state index contributed by atoms with van der Waals surface area (Å²) in [7, 11) is 0. The van der Waals surface area contributed by atoms with Gasteiger partial charge in [-0.2, -0.15) is 0 Å². The summed E-state index contributed by atoms with van der Waals surface area (Å²) in [6.07, 6.45) is 10.4. The van der Waals surface area contributed by atoms with Gasteiger partial charge >= 0.3 is 0 Å². The minimum absolute atomic E-state index is 1.25. The molecule has 2 aliphatic carbocycles. The van der Waals surface area contributed by atoms with Crippen LogP contribution < -0.4 is 0 Å². The lowest BCUT2D eigenvalue weighted by molar-refractivity contribution is 0.690. The molecule has 0 nitrogen and oxygen atoms in total. The standard InChI is InChI=1S/2C18H16/c2*1-3-7-15-13(5-1)9-11-18-16-8-4-2-6-14(16)10-12-17(15)18/h2*1,3,5,7,9-12H,2,4,6,8H2. The second kappa shape index (κ2) is 9.10. The zero-order valence-electron chi connectivity index (χ0n) is 20.9. The number of benzene rings is 6. The average molecular weight is 465 g/mol. The van der Waals surface area contributed by atoms with Crippen LogP contribution in [0, 0.1) is 0 Å². The van der Waals surface area contributed by atoms with Crippen LogP contribution in [0.1, 0.15) is 47.9 Å². The van der Waals surface area contributed by atoms with Gasteiger partial charge in [0.2, 0.25) is 0 Å². The highest BCUT2D eigenvalue weighted by molar-refractivity contribution is 6.09. The van der Waals surface area contributed by atoms with E-state index in [9.17, 15) is 0 Å². The van der Waals surface area contributed by atoms with Crippen molar-refractivity contribution in [2.45, 2.75) is 51.4 Å². The highest BCUT2D eigenvalue weighted by Crippen LogP contribution is 2.34. The molecule has 0 heteroatoms. The lowest BCUT2D eigenvalue weighted by atomic mass is 9.86. The summed E-state index contributed by atoms with van der Waals surface area (Å²) in [5.74, 6) is 0. The third-order valence-corrected chi connectivity index (χ3v) is 8.52. The van der Waals surface area contributed by atoms with Gasteiger partial charge < -0.3 is 0 Å². The maximum atomic E-state index is 2.35. The predicted molar refractivity (Wildman–Crippen MR) is 156 cm³/mol. The lowest BCUT2D eigenvalue weighted by Gasteiger charge is -2.18. The number of rotatable bonds is 0. The fourth-order valence-electron chi connectivity index (χ4n) is 6.68. The van der Waals surface area contributed by atoms with E-state index in [0.29, 0.717) is 0 Å². The zero-order chi connectivity index (χ0) is 23.9. The number of hydrogen-bond acceptors (Lipinski definition) is 0. The second-order valence-electron chi connectivity index (χ2n) is 10.6. The normalized spacial score (nSPS) is 14.9. The molecule has 0 fully saturated rings. The van der Waals surface area contributed by atoms with Crippen molar-refractivity contribution in [3.05, 3.63) is 119 Å². The van der Waals surface area contributed by atoms with E-state index in [-0.39, 0.29) is 0 Å². The van der Waals surface area contributed by atoms with Crippen LogP contribution in [0.3, 0.4) is 0 Å². The molecule has 0 N–H and O–H groups in total. The van der Waals surface area contributed by atoms with E-state index in [4.69, 9.17) is 0 Å². The van der Waals surface area contributed by atoms with Gasteiger partial charge in [-0.3, -0.25) is 0 Å². The van der Waals surface area contributed by atoms with Gasteiger partial charge in [-0.1, -0.05) is 97.1 Å². The summed E-state index contributed by atoms with van der Waals surface area (Å²) in [6, 6.07) is 35.9. The van der Waals surface area contributed by atoms with Crippen molar-refractivity contribution in [3.8, 4) is 0 Å². The summed E-state index contributed by atoms with van der Waals surface area (Å²) >= 11 is 0. The first-order valence-electron chi connectivity index (χ1n) is 13.7. The number of aryl methyl sites for hydroxylation is 4. The molecule has 6 aromatic carbocycles. The molecular formula is C36H32. The molecule has 0 atom stereocenters. The average Bonchev–Trinajstić information content (AvgIpc) is 2.97. The van der Waals surface area contributed by atoms with Crippen LogP contribution in [-0.2, 0) is 25.7 Å². The quantitative estimate of drug-likeness (QED) is 0.196. The Morgan fingerprint density at radius 2 is 0.722 bits per heavy atom. The Balaban J connectivity index is 0.000000122. The molecule has 176 valence electrons. The molecule has 0 aliphatic heterocycles. The van der Waals surface area contributed by atoms with E-state index < -0.39 is 0 Å². The van der Waals surface area contributed by atoms with Crippen molar-refractivity contribution < 1.29 is 0 Å². The van der Waals surface area contributed by atoms with Gasteiger partial charge in [-0.05, 0) is 117 Å². The van der Waals surface area contributed by atoms with Crippen LogP contribution in [0.25, 0.3) is 43.1 Å². The Hall–Kier alpha value is -3.64. The summed E-state index contributed by atoms with van der Waals surface area (Å²) in [4.78, 5) is 0. The Labute approximate surface area is 213 Å². The molecular weight excluding hydrogens is 432 g/mol. The molecule has 2 aliphatic rings. The smallest absolute Gasteiger partial charge is 0.0102 e. The Morgan fingerprint density at radius 1 is 0.306 bits per heavy atom.